The predicted molar refractivity (Wildman–Crippen MR) is 71.1 cm³/mol. The van der Waals surface area contributed by atoms with Crippen LogP contribution >= 0.6 is 11.3 Å². The van der Waals surface area contributed by atoms with Gasteiger partial charge in [0.25, 0.3) is 0 Å². The van der Waals surface area contributed by atoms with Crippen LogP contribution in [0.2, 0.25) is 0 Å². The molecule has 19 heavy (non-hydrogen) atoms. The maximum absolute atomic E-state index is 11.9. The second-order valence-corrected chi connectivity index (χ2v) is 5.76. The third-order valence-corrected chi connectivity index (χ3v) is 4.20. The predicted octanol–water partition coefficient (Wildman–Crippen LogP) is 1.63. The van der Waals surface area contributed by atoms with Crippen molar-refractivity contribution in [3.63, 3.8) is 0 Å². The highest BCUT2D eigenvalue weighted by Crippen LogP contribution is 2.21. The Hall–Kier alpha value is -1.63. The molecule has 1 aromatic rings. The molecule has 0 aliphatic carbocycles. The highest BCUT2D eigenvalue weighted by atomic mass is 32.1. The lowest BCUT2D eigenvalue weighted by Crippen LogP contribution is -2.54. The zero-order valence-electron chi connectivity index (χ0n) is 10.9. The highest BCUT2D eigenvalue weighted by Gasteiger charge is 2.32. The summed E-state index contributed by atoms with van der Waals surface area (Å²) in [5.74, 6) is -0.725. The van der Waals surface area contributed by atoms with Crippen LogP contribution in [0.5, 0.6) is 0 Å². The van der Waals surface area contributed by atoms with Gasteiger partial charge in [-0.05, 0) is 13.8 Å². The number of aromatic nitrogens is 1. The molecule has 6 nitrogen and oxygen atoms in total. The van der Waals surface area contributed by atoms with Gasteiger partial charge in [0.05, 0.1) is 12.5 Å². The van der Waals surface area contributed by atoms with E-state index in [1.807, 2.05) is 19.2 Å². The van der Waals surface area contributed by atoms with Crippen molar-refractivity contribution in [2.24, 2.45) is 5.92 Å². The molecule has 104 valence electrons. The number of carbonyl (C=O) groups excluding carboxylic acids is 1. The van der Waals surface area contributed by atoms with Crippen molar-refractivity contribution in [3.8, 4) is 0 Å². The number of nitrogens with zero attached hydrogens (tertiary/aromatic N) is 2. The molecule has 0 saturated carbocycles. The SMILES string of the molecule is Cc1csc(C(C)NC(=O)N2CC(CC(=O)O)C2)n1. The summed E-state index contributed by atoms with van der Waals surface area (Å²) in [4.78, 5) is 28.4. The van der Waals surface area contributed by atoms with E-state index >= 15 is 0 Å². The van der Waals surface area contributed by atoms with Gasteiger partial charge in [-0.15, -0.1) is 11.3 Å². The third-order valence-electron chi connectivity index (χ3n) is 3.05. The van der Waals surface area contributed by atoms with Gasteiger partial charge in [0, 0.05) is 30.1 Å². The van der Waals surface area contributed by atoms with E-state index < -0.39 is 5.97 Å². The van der Waals surface area contributed by atoms with E-state index in [1.165, 1.54) is 11.3 Å². The number of likely N-dealkylation sites (tertiary alicyclic amines) is 1. The zero-order chi connectivity index (χ0) is 14.0. The van der Waals surface area contributed by atoms with Crippen molar-refractivity contribution < 1.29 is 14.7 Å². The zero-order valence-corrected chi connectivity index (χ0v) is 11.7. The van der Waals surface area contributed by atoms with Gasteiger partial charge in [-0.1, -0.05) is 0 Å². The van der Waals surface area contributed by atoms with Crippen LogP contribution in [0.4, 0.5) is 4.79 Å². The Morgan fingerprint density at radius 1 is 1.63 bits per heavy atom. The first-order valence-electron chi connectivity index (χ1n) is 6.15. The summed E-state index contributed by atoms with van der Waals surface area (Å²) in [7, 11) is 0. The first-order valence-corrected chi connectivity index (χ1v) is 7.03. The van der Waals surface area contributed by atoms with Crippen LogP contribution in [-0.4, -0.2) is 40.1 Å². The molecule has 1 aromatic heterocycles. The summed E-state index contributed by atoms with van der Waals surface area (Å²) in [6.45, 7) is 4.84. The first-order chi connectivity index (χ1) is 8.95. The van der Waals surface area contributed by atoms with Crippen LogP contribution in [-0.2, 0) is 4.79 Å². The average Bonchev–Trinajstić information content (AvgIpc) is 2.69. The van der Waals surface area contributed by atoms with Crippen LogP contribution in [0.15, 0.2) is 5.38 Å². The minimum absolute atomic E-state index is 0.0839. The van der Waals surface area contributed by atoms with E-state index in [9.17, 15) is 9.59 Å². The molecule has 2 N–H and O–H groups in total. The Morgan fingerprint density at radius 3 is 2.84 bits per heavy atom. The molecule has 7 heteroatoms. The largest absolute Gasteiger partial charge is 0.481 e. The molecule has 1 aliphatic rings. The molecule has 1 fully saturated rings. The Kier molecular flexibility index (Phi) is 4.04. The normalized spacial score (nSPS) is 16.8. The van der Waals surface area contributed by atoms with E-state index in [4.69, 9.17) is 5.11 Å². The van der Waals surface area contributed by atoms with Crippen molar-refractivity contribution in [2.45, 2.75) is 26.3 Å². The summed E-state index contributed by atoms with van der Waals surface area (Å²) < 4.78 is 0. The number of amides is 2. The molecule has 1 saturated heterocycles. The average molecular weight is 283 g/mol. The number of hydrogen-bond acceptors (Lipinski definition) is 4. The van der Waals surface area contributed by atoms with Crippen molar-refractivity contribution >= 4 is 23.3 Å². The van der Waals surface area contributed by atoms with E-state index in [1.54, 1.807) is 4.90 Å². The summed E-state index contributed by atoms with van der Waals surface area (Å²) >= 11 is 1.52. The number of aliphatic carboxylic acids is 1. The number of urea groups is 1. The number of carboxylic acid groups (broad SMARTS) is 1. The number of carboxylic acids is 1. The molecule has 1 aliphatic heterocycles. The van der Waals surface area contributed by atoms with Gasteiger partial charge in [-0.2, -0.15) is 0 Å². The van der Waals surface area contributed by atoms with Crippen LogP contribution < -0.4 is 5.32 Å². The summed E-state index contributed by atoms with van der Waals surface area (Å²) in [5.41, 5.74) is 0.951. The quantitative estimate of drug-likeness (QED) is 0.879. The van der Waals surface area contributed by atoms with Gasteiger partial charge in [0.15, 0.2) is 0 Å². The molecule has 0 bridgehead atoms. The summed E-state index contributed by atoms with van der Waals surface area (Å²) in [5, 5.41) is 14.3. The maximum Gasteiger partial charge on any atom is 0.317 e. The minimum atomic E-state index is -0.809. The molecule has 2 amide bonds. The third kappa shape index (κ3) is 3.44. The van der Waals surface area contributed by atoms with Crippen LogP contribution in [0, 0.1) is 12.8 Å². The molecular weight excluding hydrogens is 266 g/mol. The van der Waals surface area contributed by atoms with Crippen molar-refractivity contribution in [2.75, 3.05) is 13.1 Å². The Balaban J connectivity index is 1.78. The van der Waals surface area contributed by atoms with Crippen LogP contribution in [0.25, 0.3) is 0 Å². The van der Waals surface area contributed by atoms with Gasteiger partial charge in [0.2, 0.25) is 0 Å². The van der Waals surface area contributed by atoms with Gasteiger partial charge in [0.1, 0.15) is 5.01 Å². The molecule has 1 atom stereocenters. The number of rotatable bonds is 4. The summed E-state index contributed by atoms with van der Waals surface area (Å²) in [6.07, 6.45) is 0.130. The molecule has 0 radical (unpaired) electrons. The summed E-state index contributed by atoms with van der Waals surface area (Å²) in [6, 6.07) is -0.272. The van der Waals surface area contributed by atoms with E-state index in [-0.39, 0.29) is 24.4 Å². The fourth-order valence-corrected chi connectivity index (χ4v) is 2.82. The van der Waals surface area contributed by atoms with Crippen molar-refractivity contribution in [1.29, 1.82) is 0 Å². The maximum atomic E-state index is 11.9. The van der Waals surface area contributed by atoms with Gasteiger partial charge < -0.3 is 15.3 Å². The fourth-order valence-electron chi connectivity index (χ4n) is 2.02. The van der Waals surface area contributed by atoms with Gasteiger partial charge in [-0.3, -0.25) is 4.79 Å². The lowest BCUT2D eigenvalue weighted by Gasteiger charge is -2.38. The van der Waals surface area contributed by atoms with Gasteiger partial charge >= 0.3 is 12.0 Å². The highest BCUT2D eigenvalue weighted by molar-refractivity contribution is 7.09. The Morgan fingerprint density at radius 2 is 2.32 bits per heavy atom. The standard InChI is InChI=1S/C12H17N3O3S/c1-7-6-19-11(13-7)8(2)14-12(18)15-4-9(5-15)3-10(16)17/h6,8-9H,3-5H2,1-2H3,(H,14,18)(H,16,17). The second kappa shape index (κ2) is 5.56. The Bertz CT molecular complexity index is 482. The second-order valence-electron chi connectivity index (χ2n) is 4.87. The molecule has 1 unspecified atom stereocenters. The Labute approximate surface area is 115 Å². The van der Waals surface area contributed by atoms with Crippen LogP contribution in [0.3, 0.4) is 0 Å². The minimum Gasteiger partial charge on any atom is -0.481 e. The number of hydrogen-bond donors (Lipinski definition) is 2. The van der Waals surface area contributed by atoms with Crippen LogP contribution in [0.1, 0.15) is 30.1 Å². The molecule has 0 spiro atoms. The van der Waals surface area contributed by atoms with E-state index in [0.29, 0.717) is 13.1 Å². The smallest absolute Gasteiger partial charge is 0.317 e. The first kappa shape index (κ1) is 13.8. The molecular formula is C12H17N3O3S. The molecule has 2 heterocycles. The lowest BCUT2D eigenvalue weighted by atomic mass is 9.97. The number of thiazole rings is 1. The number of carbonyl (C=O) groups is 2. The molecule has 0 aromatic carbocycles. The number of aryl methyl sites for hydroxylation is 1. The van der Waals surface area contributed by atoms with Crippen molar-refractivity contribution in [3.05, 3.63) is 16.1 Å². The fraction of sp³-hybridized carbons (Fsp3) is 0.583. The topological polar surface area (TPSA) is 82.5 Å². The monoisotopic (exact) mass is 283 g/mol. The van der Waals surface area contributed by atoms with E-state index in [0.717, 1.165) is 10.7 Å². The molecule has 2 rings (SSSR count). The number of nitrogens with one attached hydrogen (secondary N) is 1. The van der Waals surface area contributed by atoms with Crippen molar-refractivity contribution in [1.82, 2.24) is 15.2 Å². The van der Waals surface area contributed by atoms with E-state index in [2.05, 4.69) is 10.3 Å². The lowest BCUT2D eigenvalue weighted by molar-refractivity contribution is -0.139. The van der Waals surface area contributed by atoms with Gasteiger partial charge in [-0.25, -0.2) is 9.78 Å².